The molecule has 1 saturated heterocycles. The van der Waals surface area contributed by atoms with Crippen molar-refractivity contribution < 1.29 is 8.42 Å². The number of rotatable bonds is 4. The van der Waals surface area contributed by atoms with Crippen LogP contribution in [0.2, 0.25) is 0 Å². The molecule has 0 aromatic heterocycles. The zero-order valence-corrected chi connectivity index (χ0v) is 13.3. The Balaban J connectivity index is 2.76. The average Bonchev–Trinajstić information content (AvgIpc) is 2.18. The van der Waals surface area contributed by atoms with Crippen LogP contribution in [0.25, 0.3) is 0 Å². The third-order valence-corrected chi connectivity index (χ3v) is 6.26. The molecule has 1 N–H and O–H groups in total. The average molecular weight is 276 g/mol. The van der Waals surface area contributed by atoms with Crippen molar-refractivity contribution in [2.24, 2.45) is 5.92 Å². The van der Waals surface area contributed by atoms with Gasteiger partial charge in [0.15, 0.2) is 9.84 Å². The van der Waals surface area contributed by atoms with E-state index in [0.29, 0.717) is 24.5 Å². The van der Waals surface area contributed by atoms with Crippen molar-refractivity contribution in [3.05, 3.63) is 0 Å². The maximum Gasteiger partial charge on any atom is 0.153 e. The fourth-order valence-corrected chi connectivity index (χ4v) is 2.62. The van der Waals surface area contributed by atoms with Crippen molar-refractivity contribution in [3.63, 3.8) is 0 Å². The summed E-state index contributed by atoms with van der Waals surface area (Å²) >= 11 is 0. The lowest BCUT2D eigenvalue weighted by Gasteiger charge is -2.43. The van der Waals surface area contributed by atoms with Crippen LogP contribution in [0.1, 0.15) is 34.6 Å². The Morgan fingerprint density at radius 3 is 2.39 bits per heavy atom. The molecule has 1 rings (SSSR count). The van der Waals surface area contributed by atoms with Gasteiger partial charge in [-0.05, 0) is 26.7 Å². The summed E-state index contributed by atoms with van der Waals surface area (Å²) < 4.78 is 22.9. The summed E-state index contributed by atoms with van der Waals surface area (Å²) in [5.74, 6) is 0.571. The molecule has 1 aliphatic rings. The largest absolute Gasteiger partial charge is 0.311 e. The van der Waals surface area contributed by atoms with Crippen LogP contribution in [-0.4, -0.2) is 56.0 Å². The zero-order chi connectivity index (χ0) is 14.1. The quantitative estimate of drug-likeness (QED) is 0.836. The molecule has 2 unspecified atom stereocenters. The van der Waals surface area contributed by atoms with E-state index in [4.69, 9.17) is 0 Å². The van der Waals surface area contributed by atoms with Crippen LogP contribution < -0.4 is 5.32 Å². The van der Waals surface area contributed by atoms with E-state index in [1.54, 1.807) is 0 Å². The smallest absolute Gasteiger partial charge is 0.153 e. The maximum atomic E-state index is 11.8. The van der Waals surface area contributed by atoms with Gasteiger partial charge < -0.3 is 5.32 Å². The summed E-state index contributed by atoms with van der Waals surface area (Å²) in [6.07, 6.45) is 1.33. The molecule has 1 heterocycles. The number of hydrogen-bond donors (Lipinski definition) is 1. The molecule has 0 radical (unpaired) electrons. The van der Waals surface area contributed by atoms with Crippen molar-refractivity contribution in [2.45, 2.75) is 51.4 Å². The molecule has 0 aromatic carbocycles. The van der Waals surface area contributed by atoms with Gasteiger partial charge in [-0.15, -0.1) is 0 Å². The van der Waals surface area contributed by atoms with Crippen LogP contribution >= 0.6 is 0 Å². The molecule has 1 fully saturated rings. The normalized spacial score (nSPS) is 27.7. The molecule has 2 atom stereocenters. The summed E-state index contributed by atoms with van der Waals surface area (Å²) in [6, 6.07) is 0.845. The lowest BCUT2D eigenvalue weighted by atomic mass is 9.99. The Morgan fingerprint density at radius 1 is 1.39 bits per heavy atom. The van der Waals surface area contributed by atoms with E-state index in [0.717, 1.165) is 13.1 Å². The van der Waals surface area contributed by atoms with Crippen LogP contribution in [0.5, 0.6) is 0 Å². The Bertz CT molecular complexity index is 376. The third-order valence-electron chi connectivity index (χ3n) is 4.12. The van der Waals surface area contributed by atoms with E-state index in [2.05, 4.69) is 31.0 Å². The number of piperazine rings is 1. The number of hydrogen-bond acceptors (Lipinski definition) is 4. The minimum Gasteiger partial charge on any atom is -0.311 e. The van der Waals surface area contributed by atoms with Crippen molar-refractivity contribution in [1.29, 1.82) is 0 Å². The molecule has 5 heteroatoms. The second kappa shape index (κ2) is 5.47. The van der Waals surface area contributed by atoms with Crippen LogP contribution in [0.15, 0.2) is 0 Å². The fourth-order valence-electron chi connectivity index (χ4n) is 2.22. The van der Waals surface area contributed by atoms with Crippen LogP contribution in [-0.2, 0) is 9.84 Å². The van der Waals surface area contributed by atoms with Gasteiger partial charge in [0.25, 0.3) is 0 Å². The van der Waals surface area contributed by atoms with Gasteiger partial charge in [0.05, 0.1) is 4.75 Å². The molecule has 0 amide bonds. The number of sulfone groups is 1. The van der Waals surface area contributed by atoms with Crippen LogP contribution in [0, 0.1) is 5.92 Å². The molecule has 0 aromatic rings. The minimum atomic E-state index is -3.02. The lowest BCUT2D eigenvalue weighted by molar-refractivity contribution is 0.114. The molecule has 0 spiro atoms. The third kappa shape index (κ3) is 3.68. The summed E-state index contributed by atoms with van der Waals surface area (Å²) in [5.41, 5.74) is 0. The summed E-state index contributed by atoms with van der Waals surface area (Å²) in [6.45, 7) is 12.7. The fraction of sp³-hybridized carbons (Fsp3) is 1.00. The molecule has 0 aliphatic carbocycles. The molecule has 0 saturated carbocycles. The zero-order valence-electron chi connectivity index (χ0n) is 12.5. The lowest BCUT2D eigenvalue weighted by Crippen LogP contribution is -2.60. The molecular weight excluding hydrogens is 248 g/mol. The van der Waals surface area contributed by atoms with E-state index < -0.39 is 14.6 Å². The number of nitrogens with one attached hydrogen (secondary N) is 1. The minimum absolute atomic E-state index is 0.390. The van der Waals surface area contributed by atoms with E-state index in [9.17, 15) is 8.42 Å². The topological polar surface area (TPSA) is 49.4 Å². The van der Waals surface area contributed by atoms with E-state index in [1.165, 1.54) is 6.26 Å². The first-order valence-electron chi connectivity index (χ1n) is 6.71. The second-order valence-corrected chi connectivity index (χ2v) is 9.22. The van der Waals surface area contributed by atoms with E-state index >= 15 is 0 Å². The maximum absolute atomic E-state index is 11.8. The molecule has 4 nitrogen and oxygen atoms in total. The van der Waals surface area contributed by atoms with Gasteiger partial charge in [-0.2, -0.15) is 0 Å². The van der Waals surface area contributed by atoms with E-state index in [1.807, 2.05) is 13.8 Å². The predicted molar refractivity (Wildman–Crippen MR) is 76.6 cm³/mol. The Morgan fingerprint density at radius 2 is 1.94 bits per heavy atom. The molecule has 0 bridgehead atoms. The highest BCUT2D eigenvalue weighted by atomic mass is 32.2. The Hall–Kier alpha value is -0.130. The van der Waals surface area contributed by atoms with Crippen molar-refractivity contribution >= 4 is 9.84 Å². The van der Waals surface area contributed by atoms with Crippen molar-refractivity contribution in [2.75, 3.05) is 25.9 Å². The molecular formula is C13H28N2O2S. The first kappa shape index (κ1) is 15.9. The molecule has 108 valence electrons. The Kier molecular flexibility index (Phi) is 4.84. The Labute approximate surface area is 112 Å². The van der Waals surface area contributed by atoms with Gasteiger partial charge in [0.1, 0.15) is 0 Å². The second-order valence-electron chi connectivity index (χ2n) is 6.57. The highest BCUT2D eigenvalue weighted by Gasteiger charge is 2.36. The summed E-state index contributed by atoms with van der Waals surface area (Å²) in [5, 5.41) is 3.53. The predicted octanol–water partition coefficient (Wildman–Crippen LogP) is 1.13. The summed E-state index contributed by atoms with van der Waals surface area (Å²) in [4.78, 5) is 2.31. The SMILES string of the molecule is CC(C)C1CN(CC(C)(C)S(C)(=O)=O)C(C)CN1. The van der Waals surface area contributed by atoms with Gasteiger partial charge in [-0.25, -0.2) is 8.42 Å². The van der Waals surface area contributed by atoms with Crippen LogP contribution in [0.3, 0.4) is 0 Å². The molecule has 1 aliphatic heterocycles. The van der Waals surface area contributed by atoms with Gasteiger partial charge in [-0.1, -0.05) is 13.8 Å². The summed E-state index contributed by atoms with van der Waals surface area (Å²) in [7, 11) is -3.02. The van der Waals surface area contributed by atoms with Gasteiger partial charge in [0.2, 0.25) is 0 Å². The van der Waals surface area contributed by atoms with Gasteiger partial charge >= 0.3 is 0 Å². The standard InChI is InChI=1S/C13H28N2O2S/c1-10(2)12-8-15(11(3)7-14-12)9-13(4,5)18(6,16)17/h10-12,14H,7-9H2,1-6H3. The van der Waals surface area contributed by atoms with Gasteiger partial charge in [-0.3, -0.25) is 4.90 Å². The van der Waals surface area contributed by atoms with Gasteiger partial charge in [0, 0.05) is 38.0 Å². The van der Waals surface area contributed by atoms with E-state index in [-0.39, 0.29) is 0 Å². The first-order valence-corrected chi connectivity index (χ1v) is 8.61. The van der Waals surface area contributed by atoms with Crippen LogP contribution in [0.4, 0.5) is 0 Å². The first-order chi connectivity index (χ1) is 8.04. The van der Waals surface area contributed by atoms with Crippen molar-refractivity contribution in [3.8, 4) is 0 Å². The molecule has 18 heavy (non-hydrogen) atoms. The number of nitrogens with zero attached hydrogens (tertiary/aromatic N) is 1. The van der Waals surface area contributed by atoms with Crippen molar-refractivity contribution in [1.82, 2.24) is 10.2 Å². The highest BCUT2D eigenvalue weighted by molar-refractivity contribution is 7.92. The monoisotopic (exact) mass is 276 g/mol. The highest BCUT2D eigenvalue weighted by Crippen LogP contribution is 2.21.